The molecule has 0 heterocycles. The SMILES string of the molecule is O=S(=O)(O)c1cc(OCCO)ccc1OCCO.[H-].[K+]. The molecule has 0 atom stereocenters. The molecule has 0 radical (unpaired) electrons. The average Bonchev–Trinajstić information content (AvgIpc) is 2.33. The minimum absolute atomic E-state index is 0. The zero-order chi connectivity index (χ0) is 13.6. The molecule has 19 heavy (non-hydrogen) atoms. The fourth-order valence-corrected chi connectivity index (χ4v) is 1.86. The number of rotatable bonds is 7. The maximum absolute atomic E-state index is 11.2. The van der Waals surface area contributed by atoms with Crippen LogP contribution in [0.15, 0.2) is 23.1 Å². The van der Waals surface area contributed by atoms with E-state index in [1.807, 2.05) is 0 Å². The van der Waals surface area contributed by atoms with Gasteiger partial charge >= 0.3 is 51.4 Å². The number of hydrogen-bond donors (Lipinski definition) is 3. The summed E-state index contributed by atoms with van der Waals surface area (Å²) in [5, 5.41) is 17.2. The summed E-state index contributed by atoms with van der Waals surface area (Å²) in [4.78, 5) is -0.452. The molecule has 0 aliphatic rings. The maximum Gasteiger partial charge on any atom is 1.00 e. The Labute approximate surface area is 155 Å². The van der Waals surface area contributed by atoms with Crippen molar-refractivity contribution >= 4 is 10.1 Å². The molecular formula is C10H15KO7S. The first-order chi connectivity index (χ1) is 8.49. The van der Waals surface area contributed by atoms with Crippen LogP contribution < -0.4 is 60.9 Å². The molecule has 0 fully saturated rings. The molecule has 104 valence electrons. The molecule has 7 nitrogen and oxygen atoms in total. The van der Waals surface area contributed by atoms with E-state index < -0.39 is 15.0 Å². The van der Waals surface area contributed by atoms with Crippen molar-refractivity contribution in [2.45, 2.75) is 4.90 Å². The second-order valence-corrected chi connectivity index (χ2v) is 4.62. The van der Waals surface area contributed by atoms with E-state index in [-0.39, 0.29) is 90.7 Å². The van der Waals surface area contributed by atoms with Gasteiger partial charge in [0.2, 0.25) is 0 Å². The number of aliphatic hydroxyl groups excluding tert-OH is 2. The number of benzene rings is 1. The Balaban J connectivity index is 0. The maximum atomic E-state index is 11.2. The zero-order valence-corrected chi connectivity index (χ0v) is 14.4. The Morgan fingerprint density at radius 3 is 2.21 bits per heavy atom. The molecular weight excluding hydrogens is 303 g/mol. The van der Waals surface area contributed by atoms with Gasteiger partial charge in [-0.2, -0.15) is 8.42 Å². The summed E-state index contributed by atoms with van der Waals surface area (Å²) in [7, 11) is -4.46. The summed E-state index contributed by atoms with van der Waals surface area (Å²) in [5.74, 6) is 0.0934. The van der Waals surface area contributed by atoms with Crippen molar-refractivity contribution in [2.24, 2.45) is 0 Å². The number of aliphatic hydroxyl groups is 2. The molecule has 3 N–H and O–H groups in total. The topological polar surface area (TPSA) is 113 Å². The molecule has 1 aromatic rings. The number of hydrogen-bond acceptors (Lipinski definition) is 6. The van der Waals surface area contributed by atoms with Gasteiger partial charge in [-0.25, -0.2) is 0 Å². The van der Waals surface area contributed by atoms with Gasteiger partial charge in [0.1, 0.15) is 29.6 Å². The molecule has 1 aromatic carbocycles. The molecule has 0 spiro atoms. The van der Waals surface area contributed by atoms with Crippen LogP contribution in [0.25, 0.3) is 0 Å². The Morgan fingerprint density at radius 1 is 1.11 bits per heavy atom. The summed E-state index contributed by atoms with van der Waals surface area (Å²) < 4.78 is 41.3. The molecule has 0 unspecified atom stereocenters. The molecule has 0 saturated carbocycles. The van der Waals surface area contributed by atoms with Gasteiger partial charge < -0.3 is 21.1 Å². The third kappa shape index (κ3) is 6.51. The van der Waals surface area contributed by atoms with E-state index >= 15 is 0 Å². The minimum atomic E-state index is -4.46. The third-order valence-corrected chi connectivity index (χ3v) is 2.78. The third-order valence-electron chi connectivity index (χ3n) is 1.90. The number of ether oxygens (including phenoxy) is 2. The van der Waals surface area contributed by atoms with Crippen LogP contribution in [0.4, 0.5) is 0 Å². The second kappa shape index (κ2) is 9.26. The van der Waals surface area contributed by atoms with Gasteiger partial charge in [-0.1, -0.05) is 0 Å². The summed E-state index contributed by atoms with van der Waals surface area (Å²) in [6.07, 6.45) is 0. The monoisotopic (exact) mass is 318 g/mol. The predicted molar refractivity (Wildman–Crippen MR) is 62.5 cm³/mol. The molecule has 0 bridgehead atoms. The Morgan fingerprint density at radius 2 is 1.68 bits per heavy atom. The van der Waals surface area contributed by atoms with Crippen molar-refractivity contribution in [3.8, 4) is 11.5 Å². The Hall–Kier alpha value is 0.286. The van der Waals surface area contributed by atoms with Crippen molar-refractivity contribution in [1.29, 1.82) is 0 Å². The first-order valence-corrected chi connectivity index (χ1v) is 6.52. The molecule has 0 aromatic heterocycles. The van der Waals surface area contributed by atoms with Crippen LogP contribution in [0.3, 0.4) is 0 Å². The van der Waals surface area contributed by atoms with E-state index in [0.29, 0.717) is 0 Å². The van der Waals surface area contributed by atoms with Gasteiger partial charge in [-0.05, 0) is 12.1 Å². The molecule has 1 rings (SSSR count). The van der Waals surface area contributed by atoms with Gasteiger partial charge in [0.15, 0.2) is 0 Å². The van der Waals surface area contributed by atoms with Crippen LogP contribution in [0.2, 0.25) is 0 Å². The van der Waals surface area contributed by atoms with Crippen molar-refractivity contribution in [1.82, 2.24) is 0 Å². The second-order valence-electron chi connectivity index (χ2n) is 3.23. The average molecular weight is 318 g/mol. The molecule has 0 aliphatic heterocycles. The van der Waals surface area contributed by atoms with E-state index in [4.69, 9.17) is 24.2 Å². The van der Waals surface area contributed by atoms with Gasteiger partial charge in [0.25, 0.3) is 10.1 Å². The summed E-state index contributed by atoms with van der Waals surface area (Å²) >= 11 is 0. The quantitative estimate of drug-likeness (QED) is 0.358. The van der Waals surface area contributed by atoms with Crippen LogP contribution in [0, 0.1) is 0 Å². The Kier molecular flexibility index (Phi) is 9.40. The van der Waals surface area contributed by atoms with E-state index in [0.717, 1.165) is 6.07 Å². The van der Waals surface area contributed by atoms with Crippen LogP contribution in [0.5, 0.6) is 11.5 Å². The van der Waals surface area contributed by atoms with Gasteiger partial charge in [0.05, 0.1) is 13.2 Å². The smallest absolute Gasteiger partial charge is 1.00 e. The van der Waals surface area contributed by atoms with Crippen LogP contribution in [-0.4, -0.2) is 49.6 Å². The van der Waals surface area contributed by atoms with E-state index in [1.165, 1.54) is 12.1 Å². The van der Waals surface area contributed by atoms with E-state index in [1.54, 1.807) is 0 Å². The van der Waals surface area contributed by atoms with Gasteiger partial charge in [0, 0.05) is 6.07 Å². The van der Waals surface area contributed by atoms with Crippen molar-refractivity contribution in [3.63, 3.8) is 0 Å². The van der Waals surface area contributed by atoms with Gasteiger partial charge in [-0.15, -0.1) is 0 Å². The summed E-state index contributed by atoms with van der Waals surface area (Å²) in [5.41, 5.74) is 0. The van der Waals surface area contributed by atoms with E-state index in [2.05, 4.69) is 0 Å². The van der Waals surface area contributed by atoms with E-state index in [9.17, 15) is 8.42 Å². The van der Waals surface area contributed by atoms with Gasteiger partial charge in [-0.3, -0.25) is 4.55 Å². The molecule has 0 amide bonds. The van der Waals surface area contributed by atoms with Crippen LogP contribution >= 0.6 is 0 Å². The fourth-order valence-electron chi connectivity index (χ4n) is 1.22. The molecule has 9 heteroatoms. The normalized spacial score (nSPS) is 10.7. The first kappa shape index (κ1) is 19.3. The van der Waals surface area contributed by atoms with Crippen molar-refractivity contribution in [3.05, 3.63) is 18.2 Å². The fraction of sp³-hybridized carbons (Fsp3) is 0.400. The summed E-state index contributed by atoms with van der Waals surface area (Å²) in [6.45, 7) is -0.598. The standard InChI is InChI=1S/C10H14O7S.K.H/c11-3-5-16-8-1-2-9(17-6-4-12)10(7-8)18(13,14)15;;/h1-2,7,11-12H,3-6H2,(H,13,14,15);;/q;+1;-1. The minimum Gasteiger partial charge on any atom is -1.00 e. The largest absolute Gasteiger partial charge is 1.00 e. The van der Waals surface area contributed by atoms with Crippen LogP contribution in [-0.2, 0) is 10.1 Å². The zero-order valence-electron chi connectivity index (χ0n) is 11.4. The first-order valence-electron chi connectivity index (χ1n) is 5.08. The van der Waals surface area contributed by atoms with Crippen molar-refractivity contribution in [2.75, 3.05) is 26.4 Å². The molecule has 0 aliphatic carbocycles. The van der Waals surface area contributed by atoms with Crippen LogP contribution in [0.1, 0.15) is 1.43 Å². The summed E-state index contributed by atoms with van der Waals surface area (Å²) in [6, 6.07) is 3.81. The van der Waals surface area contributed by atoms with Crippen molar-refractivity contribution < 1.29 is 85.5 Å². The molecule has 0 saturated heterocycles. The Bertz CT molecular complexity index is 494. The predicted octanol–water partition coefficient (Wildman–Crippen LogP) is -3.21.